The lowest BCUT2D eigenvalue weighted by molar-refractivity contribution is -0.160. The molecule has 116 valence electrons. The van der Waals surface area contributed by atoms with Crippen molar-refractivity contribution < 1.29 is 27.0 Å². The number of alkyl halides is 3. The summed E-state index contributed by atoms with van der Waals surface area (Å²) >= 11 is -3.19. The third-order valence-electron chi connectivity index (χ3n) is 2.69. The van der Waals surface area contributed by atoms with E-state index in [1.54, 1.807) is 0 Å². The summed E-state index contributed by atoms with van der Waals surface area (Å²) in [7, 11) is 0. The predicted molar refractivity (Wildman–Crippen MR) is 72.3 cm³/mol. The Labute approximate surface area is 122 Å². The van der Waals surface area contributed by atoms with Crippen LogP contribution >= 0.6 is 0 Å². The summed E-state index contributed by atoms with van der Waals surface area (Å²) < 4.78 is 62.2. The molecule has 0 saturated heterocycles. The number of rotatable bonds is 4. The van der Waals surface area contributed by atoms with E-state index in [2.05, 4.69) is 13.2 Å². The fraction of sp³-hybridized carbons (Fsp3) is 0.231. The van der Waals surface area contributed by atoms with Gasteiger partial charge in [0.05, 0.1) is 12.3 Å². The summed E-state index contributed by atoms with van der Waals surface area (Å²) in [5.41, 5.74) is -0.488. The van der Waals surface area contributed by atoms with Gasteiger partial charge in [-0.25, -0.2) is 0 Å². The third-order valence-corrected chi connectivity index (χ3v) is 3.41. The molecule has 1 rings (SSSR count). The summed E-state index contributed by atoms with van der Waals surface area (Å²) in [6.45, 7) is 5.86. The molecule has 0 aliphatic carbocycles. The highest BCUT2D eigenvalue weighted by Crippen LogP contribution is 2.39. The number of hydrogen-bond donors (Lipinski definition) is 1. The van der Waals surface area contributed by atoms with Crippen LogP contribution in [0.1, 0.15) is 0 Å². The smallest absolute Gasteiger partial charge is 0.413 e. The molecule has 1 aliphatic heterocycles. The Balaban J connectivity index is 3.64. The monoisotopic (exact) mass is 320 g/mol. The summed E-state index contributed by atoms with van der Waals surface area (Å²) in [4.78, 5) is 0. The van der Waals surface area contributed by atoms with Crippen molar-refractivity contribution in [2.24, 2.45) is 0 Å². The predicted octanol–water partition coefficient (Wildman–Crippen LogP) is 2.13. The van der Waals surface area contributed by atoms with E-state index in [1.165, 1.54) is 18.2 Å². The quantitative estimate of drug-likeness (QED) is 0.807. The molecule has 0 aromatic rings. The normalized spacial score (nSPS) is 24.9. The lowest BCUT2D eigenvalue weighted by Crippen LogP contribution is -2.50. The molecule has 8 heteroatoms. The second kappa shape index (κ2) is 6.88. The van der Waals surface area contributed by atoms with Crippen LogP contribution in [0.15, 0.2) is 60.4 Å². The van der Waals surface area contributed by atoms with Crippen LogP contribution < -0.4 is 0 Å². The molecule has 1 aliphatic rings. The number of aliphatic hydroxyl groups excluding tert-OH is 1. The third kappa shape index (κ3) is 3.72. The van der Waals surface area contributed by atoms with Crippen molar-refractivity contribution in [1.29, 1.82) is 0 Å². The molecule has 0 radical (unpaired) electrons. The van der Waals surface area contributed by atoms with Gasteiger partial charge >= 0.3 is 6.18 Å². The molecule has 21 heavy (non-hydrogen) atoms. The van der Waals surface area contributed by atoms with E-state index in [1.807, 2.05) is 0 Å². The van der Waals surface area contributed by atoms with Crippen molar-refractivity contribution in [3.05, 3.63) is 60.4 Å². The van der Waals surface area contributed by atoms with E-state index >= 15 is 0 Å². The van der Waals surface area contributed by atoms with Gasteiger partial charge in [-0.2, -0.15) is 13.2 Å². The number of halogens is 3. The Morgan fingerprint density at radius 1 is 1.38 bits per heavy atom. The minimum atomic E-state index is -4.87. The van der Waals surface area contributed by atoms with Gasteiger partial charge in [-0.05, 0) is 23.3 Å². The SMILES string of the molecule is C=C/C=C1/C=C(CO)[C@@H](C(F)(F)F)N(S(=O)[O-])/C1=C/C=C. The summed E-state index contributed by atoms with van der Waals surface area (Å²) in [6.07, 6.45) is 1.20. The van der Waals surface area contributed by atoms with Crippen LogP contribution in [0.25, 0.3) is 0 Å². The van der Waals surface area contributed by atoms with E-state index in [-0.39, 0.29) is 15.6 Å². The minimum Gasteiger partial charge on any atom is -0.755 e. The van der Waals surface area contributed by atoms with Gasteiger partial charge in [0.1, 0.15) is 0 Å². The maximum absolute atomic E-state index is 13.2. The van der Waals surface area contributed by atoms with Crippen LogP contribution in [0.5, 0.6) is 0 Å². The van der Waals surface area contributed by atoms with Crippen molar-refractivity contribution in [2.45, 2.75) is 12.2 Å². The van der Waals surface area contributed by atoms with E-state index in [9.17, 15) is 21.9 Å². The molecule has 1 N–H and O–H groups in total. The molecule has 0 aromatic carbocycles. The fourth-order valence-corrected chi connectivity index (χ4v) is 2.71. The van der Waals surface area contributed by atoms with Gasteiger partial charge < -0.3 is 9.66 Å². The van der Waals surface area contributed by atoms with Gasteiger partial charge in [0.2, 0.25) is 0 Å². The maximum atomic E-state index is 13.2. The highest BCUT2D eigenvalue weighted by atomic mass is 32.2. The lowest BCUT2D eigenvalue weighted by atomic mass is 9.96. The van der Waals surface area contributed by atoms with E-state index < -0.39 is 35.7 Å². The Hall–Kier alpha value is -1.64. The molecule has 0 aromatic heterocycles. The number of nitrogens with zero attached hydrogens (tertiary/aromatic N) is 1. The van der Waals surface area contributed by atoms with Crippen molar-refractivity contribution in [1.82, 2.24) is 4.31 Å². The van der Waals surface area contributed by atoms with E-state index in [0.717, 1.165) is 12.2 Å². The summed E-state index contributed by atoms with van der Waals surface area (Å²) in [5.74, 6) is 0. The number of allylic oxidation sites excluding steroid dienone is 5. The average molecular weight is 320 g/mol. The van der Waals surface area contributed by atoms with Crippen LogP contribution in [0.4, 0.5) is 13.2 Å². The molecule has 1 heterocycles. The van der Waals surface area contributed by atoms with Crippen LogP contribution in [0, 0.1) is 0 Å². The molecular formula is C13H13F3NO3S-. The van der Waals surface area contributed by atoms with Crippen LogP contribution in [0.2, 0.25) is 0 Å². The van der Waals surface area contributed by atoms with E-state index in [4.69, 9.17) is 5.11 Å². The Morgan fingerprint density at radius 3 is 2.33 bits per heavy atom. The van der Waals surface area contributed by atoms with Crippen molar-refractivity contribution in [2.75, 3.05) is 6.61 Å². The molecule has 0 amide bonds. The highest BCUT2D eigenvalue weighted by molar-refractivity contribution is 7.76. The topological polar surface area (TPSA) is 63.6 Å². The first kappa shape index (κ1) is 17.4. The Bertz CT molecular complexity index is 549. The summed E-state index contributed by atoms with van der Waals surface area (Å²) in [5, 5.41) is 9.14. The zero-order valence-electron chi connectivity index (χ0n) is 10.8. The first-order chi connectivity index (χ1) is 9.77. The van der Waals surface area contributed by atoms with Crippen LogP contribution in [0.3, 0.4) is 0 Å². The second-order valence-electron chi connectivity index (χ2n) is 4.01. The maximum Gasteiger partial charge on any atom is 0.413 e. The molecule has 0 bridgehead atoms. The summed E-state index contributed by atoms with van der Waals surface area (Å²) in [6, 6.07) is -2.45. The molecule has 2 atom stereocenters. The highest BCUT2D eigenvalue weighted by Gasteiger charge is 2.49. The molecule has 1 unspecified atom stereocenters. The van der Waals surface area contributed by atoms with Gasteiger partial charge in [0, 0.05) is 11.3 Å². The first-order valence-corrected chi connectivity index (χ1v) is 6.73. The molecule has 0 spiro atoms. The minimum absolute atomic E-state index is 0.169. The lowest BCUT2D eigenvalue weighted by Gasteiger charge is -2.41. The fourth-order valence-electron chi connectivity index (χ4n) is 1.95. The largest absolute Gasteiger partial charge is 0.755 e. The van der Waals surface area contributed by atoms with Crippen LogP contribution in [-0.2, 0) is 11.3 Å². The van der Waals surface area contributed by atoms with Gasteiger partial charge in [-0.15, -0.1) is 0 Å². The Morgan fingerprint density at radius 2 is 1.95 bits per heavy atom. The molecule has 4 nitrogen and oxygen atoms in total. The van der Waals surface area contributed by atoms with Gasteiger partial charge in [-0.3, -0.25) is 8.51 Å². The number of hydrogen-bond acceptors (Lipinski definition) is 3. The second-order valence-corrected chi connectivity index (χ2v) is 4.84. The van der Waals surface area contributed by atoms with Crippen LogP contribution in [-0.4, -0.2) is 37.0 Å². The molecule has 0 saturated carbocycles. The van der Waals surface area contributed by atoms with Gasteiger partial charge in [-0.1, -0.05) is 31.4 Å². The van der Waals surface area contributed by atoms with Gasteiger partial charge in [0.15, 0.2) is 6.04 Å². The first-order valence-electron chi connectivity index (χ1n) is 5.70. The van der Waals surface area contributed by atoms with Crippen molar-refractivity contribution >= 4 is 11.3 Å². The number of aliphatic hydroxyl groups is 1. The zero-order chi connectivity index (χ0) is 16.2. The van der Waals surface area contributed by atoms with E-state index in [0.29, 0.717) is 0 Å². The molecule has 0 fully saturated rings. The van der Waals surface area contributed by atoms with Crippen molar-refractivity contribution in [3.63, 3.8) is 0 Å². The van der Waals surface area contributed by atoms with Gasteiger partial charge in [0.25, 0.3) is 0 Å². The zero-order valence-corrected chi connectivity index (χ0v) is 11.7. The standard InChI is InChI=1S/C13H14F3NO3S/c1-3-5-9-7-10(8-18)12(13(14,15)16)17(21(19)20)11(9)6-4-2/h3-7,12,18H,1-2,8H2,(H,19,20)/p-1/b9-5-,11-6+/t12-/m0/s1. The van der Waals surface area contributed by atoms with Crippen molar-refractivity contribution in [3.8, 4) is 0 Å². The molecular weight excluding hydrogens is 307 g/mol. The Kier molecular flexibility index (Phi) is 5.70. The average Bonchev–Trinajstić information content (AvgIpc) is 2.38.